The highest BCUT2D eigenvalue weighted by Gasteiger charge is 2.22. The Bertz CT molecular complexity index is 363. The van der Waals surface area contributed by atoms with Crippen LogP contribution in [0.15, 0.2) is 18.2 Å². The van der Waals surface area contributed by atoms with Crippen molar-refractivity contribution in [3.63, 3.8) is 0 Å². The summed E-state index contributed by atoms with van der Waals surface area (Å²) in [5.74, 6) is 0. The van der Waals surface area contributed by atoms with Crippen LogP contribution in [0.3, 0.4) is 0 Å². The Morgan fingerprint density at radius 1 is 1.54 bits per heavy atom. The van der Waals surface area contributed by atoms with Crippen molar-refractivity contribution in [3.8, 4) is 6.07 Å². The van der Waals surface area contributed by atoms with Crippen LogP contribution >= 0.6 is 0 Å². The summed E-state index contributed by atoms with van der Waals surface area (Å²) in [5, 5.41) is 12.2. The second kappa shape index (κ2) is 3.20. The predicted octanol–water partition coefficient (Wildman–Crippen LogP) is 1.76. The maximum absolute atomic E-state index is 8.89. The van der Waals surface area contributed by atoms with E-state index in [-0.39, 0.29) is 0 Å². The molecule has 0 unspecified atom stereocenters. The molecule has 0 aromatic heterocycles. The smallest absolute Gasteiger partial charge is 0.0994 e. The van der Waals surface area contributed by atoms with Gasteiger partial charge in [-0.05, 0) is 37.1 Å². The average Bonchev–Trinajstić information content (AvgIpc) is 2.60. The van der Waals surface area contributed by atoms with Crippen LogP contribution in [0.25, 0.3) is 0 Å². The quantitative estimate of drug-likeness (QED) is 0.700. The zero-order valence-corrected chi connectivity index (χ0v) is 7.67. The normalized spacial score (nSPS) is 19.5. The van der Waals surface area contributed by atoms with Crippen LogP contribution < -0.4 is 5.32 Å². The van der Waals surface area contributed by atoms with Gasteiger partial charge >= 0.3 is 0 Å². The Balaban J connectivity index is 2.50. The first-order valence-corrected chi connectivity index (χ1v) is 4.56. The molecule has 0 saturated carbocycles. The molecular formula is C11H12N2. The molecule has 1 atom stereocenters. The highest BCUT2D eigenvalue weighted by atomic mass is 14.9. The fourth-order valence-electron chi connectivity index (χ4n) is 2.06. The molecule has 1 N–H and O–H groups in total. The van der Waals surface area contributed by atoms with Gasteiger partial charge in [0.1, 0.15) is 0 Å². The lowest BCUT2D eigenvalue weighted by Crippen LogP contribution is -2.12. The lowest BCUT2D eigenvalue weighted by atomic mass is 10.0. The maximum atomic E-state index is 8.89. The van der Waals surface area contributed by atoms with E-state index >= 15 is 0 Å². The van der Waals surface area contributed by atoms with Crippen molar-refractivity contribution >= 4 is 0 Å². The van der Waals surface area contributed by atoms with Crippen LogP contribution in [-0.4, -0.2) is 7.05 Å². The van der Waals surface area contributed by atoms with Gasteiger partial charge in [-0.15, -0.1) is 0 Å². The second-order valence-electron chi connectivity index (χ2n) is 3.37. The number of hydrogen-bond acceptors (Lipinski definition) is 2. The fourth-order valence-corrected chi connectivity index (χ4v) is 2.06. The molecule has 1 aliphatic carbocycles. The molecule has 0 saturated heterocycles. The Morgan fingerprint density at radius 3 is 3.08 bits per heavy atom. The highest BCUT2D eigenvalue weighted by molar-refractivity contribution is 5.46. The molecule has 0 amide bonds. The van der Waals surface area contributed by atoms with Gasteiger partial charge in [0.05, 0.1) is 11.6 Å². The second-order valence-corrected chi connectivity index (χ2v) is 3.37. The van der Waals surface area contributed by atoms with E-state index in [4.69, 9.17) is 5.26 Å². The first kappa shape index (κ1) is 8.28. The first-order chi connectivity index (χ1) is 6.36. The third-order valence-corrected chi connectivity index (χ3v) is 2.74. The van der Waals surface area contributed by atoms with Gasteiger partial charge in [-0.1, -0.05) is 12.1 Å². The van der Waals surface area contributed by atoms with E-state index in [1.165, 1.54) is 11.1 Å². The van der Waals surface area contributed by atoms with E-state index in [1.807, 2.05) is 19.2 Å². The molecule has 2 rings (SSSR count). The summed E-state index contributed by atoms with van der Waals surface area (Å²) >= 11 is 0. The summed E-state index contributed by atoms with van der Waals surface area (Å²) in [6, 6.07) is 8.67. The summed E-state index contributed by atoms with van der Waals surface area (Å²) in [6.07, 6.45) is 2.15. The molecule has 1 aliphatic rings. The van der Waals surface area contributed by atoms with Crippen molar-refractivity contribution in [1.29, 1.82) is 5.26 Å². The van der Waals surface area contributed by atoms with Gasteiger partial charge < -0.3 is 5.32 Å². The van der Waals surface area contributed by atoms with Crippen molar-refractivity contribution in [2.75, 3.05) is 7.05 Å². The van der Waals surface area contributed by atoms with Crippen LogP contribution in [-0.2, 0) is 6.42 Å². The molecule has 0 aliphatic heterocycles. The van der Waals surface area contributed by atoms with Crippen LogP contribution in [0, 0.1) is 11.3 Å². The molecule has 1 aromatic rings. The van der Waals surface area contributed by atoms with Crippen LogP contribution in [0.1, 0.15) is 29.2 Å². The van der Waals surface area contributed by atoms with Crippen LogP contribution in [0.2, 0.25) is 0 Å². The van der Waals surface area contributed by atoms with Crippen molar-refractivity contribution < 1.29 is 0 Å². The number of nitriles is 1. The van der Waals surface area contributed by atoms with Crippen LogP contribution in [0.5, 0.6) is 0 Å². The summed E-state index contributed by atoms with van der Waals surface area (Å²) in [7, 11) is 1.97. The van der Waals surface area contributed by atoms with Gasteiger partial charge in [0.25, 0.3) is 0 Å². The minimum absolute atomic E-state index is 0.447. The van der Waals surface area contributed by atoms with Crippen molar-refractivity contribution in [1.82, 2.24) is 5.32 Å². The third-order valence-electron chi connectivity index (χ3n) is 2.74. The molecule has 2 heteroatoms. The zero-order chi connectivity index (χ0) is 9.26. The van der Waals surface area contributed by atoms with Gasteiger partial charge in [0.2, 0.25) is 0 Å². The van der Waals surface area contributed by atoms with Gasteiger partial charge in [-0.3, -0.25) is 0 Å². The Hall–Kier alpha value is -1.33. The predicted molar refractivity (Wildman–Crippen MR) is 51.3 cm³/mol. The van der Waals surface area contributed by atoms with E-state index in [0.717, 1.165) is 18.4 Å². The first-order valence-electron chi connectivity index (χ1n) is 4.56. The van der Waals surface area contributed by atoms with Gasteiger partial charge in [0.15, 0.2) is 0 Å². The molecule has 1 aromatic carbocycles. The number of rotatable bonds is 1. The largest absolute Gasteiger partial charge is 0.313 e. The number of nitrogens with zero attached hydrogens (tertiary/aromatic N) is 1. The number of hydrogen-bond donors (Lipinski definition) is 1. The average molecular weight is 172 g/mol. The Kier molecular flexibility index (Phi) is 2.03. The zero-order valence-electron chi connectivity index (χ0n) is 7.67. The molecule has 0 fully saturated rings. The van der Waals surface area contributed by atoms with Crippen molar-refractivity contribution in [2.45, 2.75) is 18.9 Å². The van der Waals surface area contributed by atoms with Gasteiger partial charge in [-0.25, -0.2) is 0 Å². The Morgan fingerprint density at radius 2 is 2.38 bits per heavy atom. The summed E-state index contributed by atoms with van der Waals surface area (Å²) in [5.41, 5.74) is 3.39. The van der Waals surface area contributed by atoms with Gasteiger partial charge in [0, 0.05) is 6.04 Å². The monoisotopic (exact) mass is 172 g/mol. The molecule has 66 valence electrons. The van der Waals surface area contributed by atoms with Gasteiger partial charge in [-0.2, -0.15) is 5.26 Å². The van der Waals surface area contributed by atoms with Crippen molar-refractivity contribution in [3.05, 3.63) is 34.9 Å². The SMILES string of the molecule is CN[C@@H]1CCc2c(C#N)cccc21. The lowest BCUT2D eigenvalue weighted by molar-refractivity contribution is 0.590. The molecule has 0 bridgehead atoms. The lowest BCUT2D eigenvalue weighted by Gasteiger charge is -2.09. The van der Waals surface area contributed by atoms with E-state index in [2.05, 4.69) is 17.5 Å². The minimum atomic E-state index is 0.447. The molecule has 0 heterocycles. The third kappa shape index (κ3) is 1.22. The van der Waals surface area contributed by atoms with E-state index in [0.29, 0.717) is 6.04 Å². The fraction of sp³-hybridized carbons (Fsp3) is 0.364. The number of nitrogens with one attached hydrogen (secondary N) is 1. The standard InChI is InChI=1S/C11H12N2/c1-13-11-6-5-9-8(7-12)3-2-4-10(9)11/h2-4,11,13H,5-6H2,1H3/t11-/m1/s1. The molecule has 13 heavy (non-hydrogen) atoms. The molecule has 0 spiro atoms. The van der Waals surface area contributed by atoms with Crippen molar-refractivity contribution in [2.24, 2.45) is 0 Å². The molecule has 2 nitrogen and oxygen atoms in total. The van der Waals surface area contributed by atoms with Crippen LogP contribution in [0.4, 0.5) is 0 Å². The summed E-state index contributed by atoms with van der Waals surface area (Å²) in [4.78, 5) is 0. The molecular weight excluding hydrogens is 160 g/mol. The summed E-state index contributed by atoms with van der Waals surface area (Å²) in [6.45, 7) is 0. The maximum Gasteiger partial charge on any atom is 0.0994 e. The minimum Gasteiger partial charge on any atom is -0.313 e. The molecule has 0 radical (unpaired) electrons. The van der Waals surface area contributed by atoms with E-state index in [9.17, 15) is 0 Å². The van der Waals surface area contributed by atoms with E-state index < -0.39 is 0 Å². The van der Waals surface area contributed by atoms with E-state index in [1.54, 1.807) is 0 Å². The Labute approximate surface area is 78.2 Å². The highest BCUT2D eigenvalue weighted by Crippen LogP contribution is 2.32. The number of fused-ring (bicyclic) bond motifs is 1. The topological polar surface area (TPSA) is 35.8 Å². The number of benzene rings is 1. The summed E-state index contributed by atoms with van der Waals surface area (Å²) < 4.78 is 0.